The molecule has 3 nitrogen and oxygen atoms in total. The summed E-state index contributed by atoms with van der Waals surface area (Å²) in [6.45, 7) is 0. The highest BCUT2D eigenvalue weighted by Gasteiger charge is 2.11. The Hall–Kier alpha value is -1.84. The van der Waals surface area contributed by atoms with Gasteiger partial charge in [-0.15, -0.1) is 0 Å². The molecule has 0 fully saturated rings. The number of ether oxygens (including phenoxy) is 1. The Morgan fingerprint density at radius 1 is 0.789 bits per heavy atom. The minimum Gasteiger partial charge on any atom is -0.457 e. The first-order valence-electron chi connectivity index (χ1n) is 5.34. The van der Waals surface area contributed by atoms with Crippen molar-refractivity contribution < 1.29 is 14.3 Å². The average Bonchev–Trinajstić information content (AvgIpc) is 2.39. The summed E-state index contributed by atoms with van der Waals surface area (Å²) in [5, 5.41) is -1.37. The molecule has 2 rings (SSSR count). The first-order valence-corrected chi connectivity index (χ1v) is 6.09. The van der Waals surface area contributed by atoms with Crippen LogP contribution in [0.5, 0.6) is 11.5 Å². The van der Waals surface area contributed by atoms with E-state index < -0.39 is 10.5 Å². The fourth-order valence-electron chi connectivity index (χ4n) is 1.51. The van der Waals surface area contributed by atoms with Crippen molar-refractivity contribution in [3.8, 4) is 11.5 Å². The predicted octanol–water partition coefficient (Wildman–Crippen LogP) is 4.24. The molecular formula is C14H8Cl2O3. The molecule has 0 aromatic heterocycles. The molecular weight excluding hydrogens is 287 g/mol. The van der Waals surface area contributed by atoms with Gasteiger partial charge in [-0.25, -0.2) is 0 Å². The van der Waals surface area contributed by atoms with Crippen LogP contribution in [0.15, 0.2) is 48.5 Å². The van der Waals surface area contributed by atoms with Crippen LogP contribution in [0.1, 0.15) is 20.7 Å². The minimum absolute atomic E-state index is 0.152. The van der Waals surface area contributed by atoms with E-state index in [2.05, 4.69) is 0 Å². The molecule has 0 spiro atoms. The number of hydrogen-bond acceptors (Lipinski definition) is 3. The van der Waals surface area contributed by atoms with Crippen LogP contribution in [-0.2, 0) is 0 Å². The Kier molecular flexibility index (Phi) is 4.20. The first kappa shape index (κ1) is 13.6. The van der Waals surface area contributed by atoms with Crippen LogP contribution < -0.4 is 4.74 Å². The number of hydrogen-bond donors (Lipinski definition) is 0. The zero-order valence-corrected chi connectivity index (χ0v) is 11.1. The van der Waals surface area contributed by atoms with Crippen LogP contribution in [0.3, 0.4) is 0 Å². The van der Waals surface area contributed by atoms with Crippen LogP contribution in [0.4, 0.5) is 0 Å². The third-order valence-electron chi connectivity index (χ3n) is 2.34. The minimum atomic E-state index is -0.683. The van der Waals surface area contributed by atoms with Gasteiger partial charge in [-0.1, -0.05) is 18.2 Å². The van der Waals surface area contributed by atoms with E-state index in [1.807, 2.05) is 6.07 Å². The summed E-state index contributed by atoms with van der Waals surface area (Å²) in [6.07, 6.45) is 0. The molecule has 0 saturated heterocycles. The van der Waals surface area contributed by atoms with Crippen LogP contribution in [0, 0.1) is 0 Å². The lowest BCUT2D eigenvalue weighted by Gasteiger charge is -2.07. The highest BCUT2D eigenvalue weighted by Crippen LogP contribution is 2.25. The van der Waals surface area contributed by atoms with E-state index in [0.717, 1.165) is 0 Å². The third kappa shape index (κ3) is 3.56. The van der Waals surface area contributed by atoms with Gasteiger partial charge in [0.1, 0.15) is 11.5 Å². The Bertz CT molecular complexity index is 592. The molecule has 2 aromatic carbocycles. The second-order valence-corrected chi connectivity index (χ2v) is 4.40. The van der Waals surface area contributed by atoms with Gasteiger partial charge < -0.3 is 4.74 Å². The van der Waals surface area contributed by atoms with Crippen molar-refractivity contribution in [3.05, 3.63) is 59.7 Å². The molecule has 0 saturated carbocycles. The van der Waals surface area contributed by atoms with E-state index in [4.69, 9.17) is 27.9 Å². The van der Waals surface area contributed by atoms with E-state index in [1.54, 1.807) is 24.3 Å². The molecule has 0 N–H and O–H groups in total. The van der Waals surface area contributed by atoms with Crippen LogP contribution >= 0.6 is 23.2 Å². The summed E-state index contributed by atoms with van der Waals surface area (Å²) >= 11 is 10.8. The van der Waals surface area contributed by atoms with Gasteiger partial charge in [0.25, 0.3) is 10.5 Å². The Balaban J connectivity index is 2.39. The van der Waals surface area contributed by atoms with Gasteiger partial charge in [0.05, 0.1) is 0 Å². The summed E-state index contributed by atoms with van der Waals surface area (Å²) in [5.41, 5.74) is 0.304. The molecule has 0 unspecified atom stereocenters. The lowest BCUT2D eigenvalue weighted by atomic mass is 10.1. The van der Waals surface area contributed by atoms with E-state index in [0.29, 0.717) is 11.5 Å². The van der Waals surface area contributed by atoms with Crippen molar-refractivity contribution in [3.63, 3.8) is 0 Å². The number of carbonyl (C=O) groups is 2. The summed E-state index contributed by atoms with van der Waals surface area (Å²) in [7, 11) is 0. The van der Waals surface area contributed by atoms with Gasteiger partial charge in [0.2, 0.25) is 0 Å². The predicted molar refractivity (Wildman–Crippen MR) is 73.3 cm³/mol. The van der Waals surface area contributed by atoms with E-state index >= 15 is 0 Å². The molecule has 19 heavy (non-hydrogen) atoms. The fraction of sp³-hybridized carbons (Fsp3) is 0. The third-order valence-corrected chi connectivity index (χ3v) is 2.78. The van der Waals surface area contributed by atoms with E-state index in [9.17, 15) is 9.59 Å². The zero-order valence-electron chi connectivity index (χ0n) is 9.60. The molecule has 0 radical (unpaired) electrons. The standard InChI is InChI=1S/C14H8Cl2O3/c15-13(17)9-6-10(14(16)18)8-12(7-9)19-11-4-2-1-3-5-11/h1-8H. The van der Waals surface area contributed by atoms with Crippen molar-refractivity contribution >= 4 is 33.7 Å². The SMILES string of the molecule is O=C(Cl)c1cc(Oc2ccccc2)cc(C(=O)Cl)c1. The summed E-state index contributed by atoms with van der Waals surface area (Å²) in [4.78, 5) is 22.4. The maximum absolute atomic E-state index is 11.2. The Labute approximate surface area is 119 Å². The Morgan fingerprint density at radius 3 is 1.79 bits per heavy atom. The van der Waals surface area contributed by atoms with E-state index in [-0.39, 0.29) is 11.1 Å². The number of carbonyl (C=O) groups excluding carboxylic acids is 2. The second-order valence-electron chi connectivity index (χ2n) is 3.71. The molecule has 0 aliphatic carbocycles. The van der Waals surface area contributed by atoms with Crippen molar-refractivity contribution in [2.24, 2.45) is 0 Å². The largest absolute Gasteiger partial charge is 0.457 e. The summed E-state index contributed by atoms with van der Waals surface area (Å²) < 4.78 is 5.54. The second kappa shape index (κ2) is 5.87. The highest BCUT2D eigenvalue weighted by atomic mass is 35.5. The van der Waals surface area contributed by atoms with Crippen LogP contribution in [0.25, 0.3) is 0 Å². The summed E-state index contributed by atoms with van der Waals surface area (Å²) in [5.74, 6) is 0.899. The van der Waals surface area contributed by atoms with Crippen molar-refractivity contribution in [2.45, 2.75) is 0 Å². The van der Waals surface area contributed by atoms with Crippen LogP contribution in [-0.4, -0.2) is 10.5 Å². The van der Waals surface area contributed by atoms with Gasteiger partial charge in [0, 0.05) is 11.1 Å². The van der Waals surface area contributed by atoms with Crippen molar-refractivity contribution in [2.75, 3.05) is 0 Å². The summed E-state index contributed by atoms with van der Waals surface area (Å²) in [6, 6.07) is 13.2. The molecule has 5 heteroatoms. The lowest BCUT2D eigenvalue weighted by Crippen LogP contribution is -1.97. The average molecular weight is 295 g/mol. The Morgan fingerprint density at radius 2 is 1.32 bits per heavy atom. The van der Waals surface area contributed by atoms with Gasteiger partial charge in [-0.3, -0.25) is 9.59 Å². The van der Waals surface area contributed by atoms with E-state index in [1.165, 1.54) is 18.2 Å². The quantitative estimate of drug-likeness (QED) is 0.792. The molecule has 0 bridgehead atoms. The smallest absolute Gasteiger partial charge is 0.252 e. The number of halogens is 2. The van der Waals surface area contributed by atoms with Gasteiger partial charge >= 0.3 is 0 Å². The lowest BCUT2D eigenvalue weighted by molar-refractivity contribution is 0.108. The maximum atomic E-state index is 11.2. The zero-order chi connectivity index (χ0) is 13.8. The molecule has 0 amide bonds. The number of para-hydroxylation sites is 1. The number of rotatable bonds is 4. The molecule has 2 aromatic rings. The van der Waals surface area contributed by atoms with Crippen molar-refractivity contribution in [1.29, 1.82) is 0 Å². The topological polar surface area (TPSA) is 43.4 Å². The van der Waals surface area contributed by atoms with Crippen molar-refractivity contribution in [1.82, 2.24) is 0 Å². The van der Waals surface area contributed by atoms with Gasteiger partial charge in [0.15, 0.2) is 0 Å². The number of benzene rings is 2. The maximum Gasteiger partial charge on any atom is 0.252 e. The molecule has 0 aliphatic rings. The molecule has 96 valence electrons. The monoisotopic (exact) mass is 294 g/mol. The molecule has 0 atom stereocenters. The first-order chi connectivity index (χ1) is 9.06. The van der Waals surface area contributed by atoms with Crippen LogP contribution in [0.2, 0.25) is 0 Å². The molecule has 0 aliphatic heterocycles. The highest BCUT2D eigenvalue weighted by molar-refractivity contribution is 6.69. The normalized spacial score (nSPS) is 10.0. The van der Waals surface area contributed by atoms with Gasteiger partial charge in [-0.05, 0) is 53.5 Å². The molecule has 0 heterocycles. The fourth-order valence-corrected chi connectivity index (χ4v) is 1.73. The van der Waals surface area contributed by atoms with Gasteiger partial charge in [-0.2, -0.15) is 0 Å².